The molecule has 0 spiro atoms. The number of benzene rings is 2. The van der Waals surface area contributed by atoms with Gasteiger partial charge < -0.3 is 18.8 Å². The smallest absolute Gasteiger partial charge is 0.254 e. The summed E-state index contributed by atoms with van der Waals surface area (Å²) in [5.74, 6) is 2.18. The van der Waals surface area contributed by atoms with Gasteiger partial charge in [-0.1, -0.05) is 13.3 Å². The Bertz CT molecular complexity index is 918. The maximum Gasteiger partial charge on any atom is 0.254 e. The summed E-state index contributed by atoms with van der Waals surface area (Å²) in [7, 11) is 3.43. The van der Waals surface area contributed by atoms with Gasteiger partial charge in [0.1, 0.15) is 11.5 Å². The quantitative estimate of drug-likeness (QED) is 0.506. The van der Waals surface area contributed by atoms with Crippen molar-refractivity contribution in [2.75, 3.05) is 20.7 Å². The third-order valence-corrected chi connectivity index (χ3v) is 4.20. The van der Waals surface area contributed by atoms with Crippen molar-refractivity contribution in [3.8, 4) is 23.0 Å². The van der Waals surface area contributed by atoms with Gasteiger partial charge in [-0.15, -0.1) is 10.2 Å². The van der Waals surface area contributed by atoms with Crippen molar-refractivity contribution in [2.24, 2.45) is 0 Å². The number of nitrogens with zero attached hydrogens (tertiary/aromatic N) is 3. The number of hydrogen-bond donors (Lipinski definition) is 0. The average molecular weight is 395 g/mol. The van der Waals surface area contributed by atoms with Gasteiger partial charge in [0, 0.05) is 25.2 Å². The Kier molecular flexibility index (Phi) is 6.84. The summed E-state index contributed by atoms with van der Waals surface area (Å²) in [6, 6.07) is 14.5. The van der Waals surface area contributed by atoms with Crippen LogP contribution in [0.3, 0.4) is 0 Å². The van der Waals surface area contributed by atoms with Crippen molar-refractivity contribution >= 4 is 5.91 Å². The van der Waals surface area contributed by atoms with Crippen LogP contribution in [0.4, 0.5) is 0 Å². The number of aromatic nitrogens is 2. The topological polar surface area (TPSA) is 77.7 Å². The van der Waals surface area contributed by atoms with E-state index in [-0.39, 0.29) is 12.5 Å². The van der Waals surface area contributed by atoms with Crippen LogP contribution >= 0.6 is 0 Å². The molecule has 2 aromatic carbocycles. The second kappa shape index (κ2) is 9.73. The van der Waals surface area contributed by atoms with Crippen molar-refractivity contribution in [3.05, 3.63) is 60.0 Å². The summed E-state index contributed by atoms with van der Waals surface area (Å²) in [5, 5.41) is 8.10. The molecule has 0 radical (unpaired) electrons. The molecule has 3 aromatic rings. The van der Waals surface area contributed by atoms with Crippen LogP contribution in [0.5, 0.6) is 11.5 Å². The highest BCUT2D eigenvalue weighted by Crippen LogP contribution is 2.22. The second-order valence-corrected chi connectivity index (χ2v) is 6.74. The van der Waals surface area contributed by atoms with Gasteiger partial charge in [-0.25, -0.2) is 0 Å². The first kappa shape index (κ1) is 20.4. The predicted octanol–water partition coefficient (Wildman–Crippen LogP) is 4.20. The first-order chi connectivity index (χ1) is 14.1. The van der Waals surface area contributed by atoms with Crippen LogP contribution in [0.2, 0.25) is 0 Å². The van der Waals surface area contributed by atoms with Gasteiger partial charge in [-0.2, -0.15) is 0 Å². The Morgan fingerprint density at radius 1 is 0.966 bits per heavy atom. The Morgan fingerprint density at radius 3 is 2.28 bits per heavy atom. The van der Waals surface area contributed by atoms with Crippen LogP contribution in [-0.2, 0) is 6.61 Å². The Labute approximate surface area is 170 Å². The first-order valence-corrected chi connectivity index (χ1v) is 9.57. The van der Waals surface area contributed by atoms with E-state index in [2.05, 4.69) is 17.1 Å². The van der Waals surface area contributed by atoms with Gasteiger partial charge in [0.2, 0.25) is 5.89 Å². The maximum atomic E-state index is 11.9. The molecule has 0 fully saturated rings. The molecule has 1 amide bonds. The molecule has 0 N–H and O–H groups in total. The number of hydrogen-bond acceptors (Lipinski definition) is 6. The monoisotopic (exact) mass is 395 g/mol. The largest absolute Gasteiger partial charge is 0.494 e. The lowest BCUT2D eigenvalue weighted by Gasteiger charge is -2.10. The highest BCUT2D eigenvalue weighted by Gasteiger charge is 2.11. The fourth-order valence-electron chi connectivity index (χ4n) is 2.55. The minimum atomic E-state index is -0.0557. The highest BCUT2D eigenvalue weighted by atomic mass is 16.5. The zero-order valence-corrected chi connectivity index (χ0v) is 16.9. The van der Waals surface area contributed by atoms with Crippen molar-refractivity contribution < 1.29 is 18.7 Å². The number of unbranched alkanes of at least 4 members (excludes halogenated alkanes) is 1. The van der Waals surface area contributed by atoms with Gasteiger partial charge in [0.15, 0.2) is 6.61 Å². The lowest BCUT2D eigenvalue weighted by Crippen LogP contribution is -2.21. The molecule has 3 rings (SSSR count). The van der Waals surface area contributed by atoms with Crippen LogP contribution in [0.25, 0.3) is 11.5 Å². The van der Waals surface area contributed by atoms with E-state index >= 15 is 0 Å². The molecule has 0 aliphatic rings. The van der Waals surface area contributed by atoms with Gasteiger partial charge in [-0.3, -0.25) is 4.79 Å². The van der Waals surface area contributed by atoms with E-state index in [0.29, 0.717) is 29.7 Å². The molecule has 0 aliphatic heterocycles. The number of carbonyl (C=O) groups is 1. The molecular weight excluding hydrogens is 370 g/mol. The summed E-state index contributed by atoms with van der Waals surface area (Å²) in [6.45, 7) is 2.98. The van der Waals surface area contributed by atoms with Crippen LogP contribution in [0.1, 0.15) is 36.0 Å². The summed E-state index contributed by atoms with van der Waals surface area (Å²) in [4.78, 5) is 13.4. The molecule has 1 aromatic heterocycles. The van der Waals surface area contributed by atoms with Crippen LogP contribution in [0.15, 0.2) is 52.9 Å². The van der Waals surface area contributed by atoms with Crippen LogP contribution in [0, 0.1) is 0 Å². The van der Waals surface area contributed by atoms with E-state index in [1.165, 1.54) is 4.90 Å². The van der Waals surface area contributed by atoms with E-state index in [1.54, 1.807) is 38.4 Å². The second-order valence-electron chi connectivity index (χ2n) is 6.74. The van der Waals surface area contributed by atoms with Crippen LogP contribution in [-0.4, -0.2) is 41.7 Å². The highest BCUT2D eigenvalue weighted by molar-refractivity contribution is 5.93. The van der Waals surface area contributed by atoms with Gasteiger partial charge in [0.25, 0.3) is 11.8 Å². The molecule has 0 saturated carbocycles. The van der Waals surface area contributed by atoms with Crippen LogP contribution < -0.4 is 9.47 Å². The zero-order chi connectivity index (χ0) is 20.6. The lowest BCUT2D eigenvalue weighted by atomic mass is 10.2. The number of ether oxygens (including phenoxy) is 2. The molecule has 7 heteroatoms. The normalized spacial score (nSPS) is 10.6. The third-order valence-electron chi connectivity index (χ3n) is 4.20. The molecule has 29 heavy (non-hydrogen) atoms. The summed E-state index contributed by atoms with van der Waals surface area (Å²) in [6.07, 6.45) is 2.13. The minimum Gasteiger partial charge on any atom is -0.494 e. The van der Waals surface area contributed by atoms with Gasteiger partial charge >= 0.3 is 0 Å². The lowest BCUT2D eigenvalue weighted by molar-refractivity contribution is 0.0827. The fourth-order valence-corrected chi connectivity index (χ4v) is 2.55. The maximum absolute atomic E-state index is 11.9. The zero-order valence-electron chi connectivity index (χ0n) is 16.9. The molecule has 0 bridgehead atoms. The molecule has 0 saturated heterocycles. The summed E-state index contributed by atoms with van der Waals surface area (Å²) < 4.78 is 17.0. The third kappa shape index (κ3) is 5.57. The fraction of sp³-hybridized carbons (Fsp3) is 0.318. The number of rotatable bonds is 9. The standard InChI is InChI=1S/C22H25N3O4/c1-4-5-14-27-18-10-6-16(7-11-18)21-24-23-20(29-21)15-28-19-12-8-17(9-13-19)22(26)25(2)3/h6-13H,4-5,14-15H2,1-3H3. The Hall–Kier alpha value is -3.35. The van der Waals surface area contributed by atoms with E-state index < -0.39 is 0 Å². The van der Waals surface area contributed by atoms with Gasteiger partial charge in [0.05, 0.1) is 6.61 Å². The Morgan fingerprint density at radius 2 is 1.62 bits per heavy atom. The summed E-state index contributed by atoms with van der Waals surface area (Å²) >= 11 is 0. The van der Waals surface area contributed by atoms with E-state index in [4.69, 9.17) is 13.9 Å². The molecule has 7 nitrogen and oxygen atoms in total. The SMILES string of the molecule is CCCCOc1ccc(-c2nnc(COc3ccc(C(=O)N(C)C)cc3)o2)cc1. The molecule has 1 heterocycles. The molecule has 0 atom stereocenters. The molecule has 0 aliphatic carbocycles. The average Bonchev–Trinajstić information content (AvgIpc) is 3.22. The molecule has 0 unspecified atom stereocenters. The molecular formula is C22H25N3O4. The van der Waals surface area contributed by atoms with E-state index in [0.717, 1.165) is 24.2 Å². The Balaban J connectivity index is 1.56. The molecule has 152 valence electrons. The summed E-state index contributed by atoms with van der Waals surface area (Å²) in [5.41, 5.74) is 1.42. The minimum absolute atomic E-state index is 0.0557. The van der Waals surface area contributed by atoms with E-state index in [1.807, 2.05) is 24.3 Å². The number of carbonyl (C=O) groups excluding carboxylic acids is 1. The van der Waals surface area contributed by atoms with E-state index in [9.17, 15) is 4.79 Å². The van der Waals surface area contributed by atoms with Crippen molar-refractivity contribution in [1.29, 1.82) is 0 Å². The predicted molar refractivity (Wildman–Crippen MR) is 109 cm³/mol. The van der Waals surface area contributed by atoms with Crippen molar-refractivity contribution in [1.82, 2.24) is 15.1 Å². The van der Waals surface area contributed by atoms with Gasteiger partial charge in [-0.05, 0) is 55.0 Å². The van der Waals surface area contributed by atoms with Crippen molar-refractivity contribution in [2.45, 2.75) is 26.4 Å². The van der Waals surface area contributed by atoms with Crippen molar-refractivity contribution in [3.63, 3.8) is 0 Å². The first-order valence-electron chi connectivity index (χ1n) is 9.57. The number of amides is 1.